The highest BCUT2D eigenvalue weighted by Gasteiger charge is 2.24. The van der Waals surface area contributed by atoms with Crippen LogP contribution in [0.1, 0.15) is 55.3 Å². The van der Waals surface area contributed by atoms with Crippen LogP contribution in [0.2, 0.25) is 10.0 Å². The predicted molar refractivity (Wildman–Crippen MR) is 119 cm³/mol. The molecule has 150 valence electrons. The molecule has 0 amide bonds. The predicted octanol–water partition coefficient (Wildman–Crippen LogP) is 7.03. The van der Waals surface area contributed by atoms with Crippen LogP contribution < -0.4 is 4.74 Å². The molecule has 5 heteroatoms. The normalized spacial score (nSPS) is 15.8. The summed E-state index contributed by atoms with van der Waals surface area (Å²) in [7, 11) is 0. The van der Waals surface area contributed by atoms with E-state index in [0.29, 0.717) is 15.9 Å². The lowest BCUT2D eigenvalue weighted by Crippen LogP contribution is -2.17. The van der Waals surface area contributed by atoms with Gasteiger partial charge in [-0.15, -0.1) is 0 Å². The van der Waals surface area contributed by atoms with Crippen molar-refractivity contribution in [2.45, 2.75) is 52.1 Å². The van der Waals surface area contributed by atoms with Crippen LogP contribution in [-0.2, 0) is 19.3 Å². The van der Waals surface area contributed by atoms with Gasteiger partial charge in [-0.3, -0.25) is 0 Å². The van der Waals surface area contributed by atoms with E-state index in [2.05, 4.69) is 38.1 Å². The topological polar surface area (TPSA) is 35.0 Å². The van der Waals surface area contributed by atoms with Gasteiger partial charge in [0, 0.05) is 10.6 Å². The molecule has 0 spiro atoms. The minimum atomic E-state index is 0.0224. The Morgan fingerprint density at radius 2 is 1.79 bits per heavy atom. The first kappa shape index (κ1) is 20.2. The van der Waals surface area contributed by atoms with Crippen molar-refractivity contribution in [3.63, 3.8) is 0 Å². The SMILES string of the molecule is CCc1nc(-c2ccc(Cl)cc2Cl)c(CC)nc1OC1CCCc2ccccc21. The second kappa shape index (κ2) is 8.73. The molecule has 1 atom stereocenters. The quantitative estimate of drug-likeness (QED) is 0.438. The summed E-state index contributed by atoms with van der Waals surface area (Å²) in [6.45, 7) is 4.15. The molecule has 1 aliphatic rings. The number of nitrogens with zero attached hydrogens (tertiary/aromatic N) is 2. The van der Waals surface area contributed by atoms with Crippen LogP contribution in [0.25, 0.3) is 11.3 Å². The van der Waals surface area contributed by atoms with Crippen LogP contribution in [0.3, 0.4) is 0 Å². The van der Waals surface area contributed by atoms with Crippen molar-refractivity contribution in [1.29, 1.82) is 0 Å². The van der Waals surface area contributed by atoms with Crippen LogP contribution in [0.15, 0.2) is 42.5 Å². The van der Waals surface area contributed by atoms with Gasteiger partial charge in [0.05, 0.1) is 16.4 Å². The van der Waals surface area contributed by atoms with Crippen LogP contribution in [0.5, 0.6) is 5.88 Å². The molecule has 0 fully saturated rings. The zero-order valence-electron chi connectivity index (χ0n) is 16.7. The molecule has 1 heterocycles. The molecule has 4 rings (SSSR count). The molecule has 3 aromatic rings. The van der Waals surface area contributed by atoms with Crippen molar-refractivity contribution in [3.8, 4) is 17.1 Å². The van der Waals surface area contributed by atoms with E-state index < -0.39 is 0 Å². The maximum atomic E-state index is 6.46. The average molecular weight is 427 g/mol. The molecule has 0 saturated carbocycles. The van der Waals surface area contributed by atoms with Gasteiger partial charge in [0.15, 0.2) is 0 Å². The first-order valence-corrected chi connectivity index (χ1v) is 11.0. The number of ether oxygens (including phenoxy) is 1. The van der Waals surface area contributed by atoms with Crippen molar-refractivity contribution in [1.82, 2.24) is 9.97 Å². The molecule has 0 aliphatic heterocycles. The first-order chi connectivity index (χ1) is 14.1. The molecule has 0 N–H and O–H groups in total. The van der Waals surface area contributed by atoms with E-state index >= 15 is 0 Å². The molecule has 1 unspecified atom stereocenters. The maximum absolute atomic E-state index is 6.46. The number of hydrogen-bond donors (Lipinski definition) is 0. The number of rotatable bonds is 5. The summed E-state index contributed by atoms with van der Waals surface area (Å²) < 4.78 is 6.46. The lowest BCUT2D eigenvalue weighted by atomic mass is 9.89. The highest BCUT2D eigenvalue weighted by molar-refractivity contribution is 6.36. The summed E-state index contributed by atoms with van der Waals surface area (Å²) in [5.74, 6) is 0.639. The first-order valence-electron chi connectivity index (χ1n) is 10.2. The van der Waals surface area contributed by atoms with E-state index in [0.717, 1.165) is 54.7 Å². The summed E-state index contributed by atoms with van der Waals surface area (Å²) >= 11 is 12.5. The number of fused-ring (bicyclic) bond motifs is 1. The lowest BCUT2D eigenvalue weighted by Gasteiger charge is -2.27. The molecule has 0 radical (unpaired) electrons. The Balaban J connectivity index is 1.74. The third-order valence-electron chi connectivity index (χ3n) is 5.43. The molecule has 1 aromatic heterocycles. The summed E-state index contributed by atoms with van der Waals surface area (Å²) in [4.78, 5) is 9.82. The Hall–Kier alpha value is -2.10. The van der Waals surface area contributed by atoms with E-state index in [9.17, 15) is 0 Å². The number of benzene rings is 2. The third kappa shape index (κ3) is 4.12. The summed E-state index contributed by atoms with van der Waals surface area (Å²) in [6, 6.07) is 14.0. The lowest BCUT2D eigenvalue weighted by molar-refractivity contribution is 0.172. The molecular weight excluding hydrogens is 403 g/mol. The monoisotopic (exact) mass is 426 g/mol. The second-order valence-electron chi connectivity index (χ2n) is 7.30. The van der Waals surface area contributed by atoms with Gasteiger partial charge in [-0.2, -0.15) is 0 Å². The zero-order valence-corrected chi connectivity index (χ0v) is 18.2. The summed E-state index contributed by atoms with van der Waals surface area (Å²) in [6.07, 6.45) is 4.72. The van der Waals surface area contributed by atoms with Gasteiger partial charge < -0.3 is 4.74 Å². The minimum absolute atomic E-state index is 0.0224. The van der Waals surface area contributed by atoms with Crippen molar-refractivity contribution in [2.24, 2.45) is 0 Å². The van der Waals surface area contributed by atoms with Gasteiger partial charge >= 0.3 is 0 Å². The molecule has 3 nitrogen and oxygen atoms in total. The van der Waals surface area contributed by atoms with Crippen molar-refractivity contribution in [2.75, 3.05) is 0 Å². The Labute approximate surface area is 182 Å². The molecule has 1 aliphatic carbocycles. The van der Waals surface area contributed by atoms with Crippen molar-refractivity contribution in [3.05, 3.63) is 75.0 Å². The van der Waals surface area contributed by atoms with E-state index in [1.807, 2.05) is 12.1 Å². The molecular formula is C24H24Cl2N2O. The Kier molecular flexibility index (Phi) is 6.07. The second-order valence-corrected chi connectivity index (χ2v) is 8.14. The maximum Gasteiger partial charge on any atom is 0.236 e. The van der Waals surface area contributed by atoms with E-state index in [1.54, 1.807) is 6.07 Å². The molecule has 2 aromatic carbocycles. The molecule has 0 bridgehead atoms. The Bertz CT molecular complexity index is 1040. The number of halogens is 2. The van der Waals surface area contributed by atoms with Crippen molar-refractivity contribution < 1.29 is 4.74 Å². The van der Waals surface area contributed by atoms with Crippen LogP contribution in [0, 0.1) is 0 Å². The summed E-state index contributed by atoms with van der Waals surface area (Å²) in [5.41, 5.74) is 6.03. The highest BCUT2D eigenvalue weighted by Crippen LogP contribution is 2.36. The Morgan fingerprint density at radius 3 is 2.55 bits per heavy atom. The highest BCUT2D eigenvalue weighted by atomic mass is 35.5. The van der Waals surface area contributed by atoms with Gasteiger partial charge in [-0.1, -0.05) is 61.3 Å². The number of hydrogen-bond acceptors (Lipinski definition) is 3. The fourth-order valence-corrected chi connectivity index (χ4v) is 4.42. The van der Waals surface area contributed by atoms with Gasteiger partial charge in [0.1, 0.15) is 11.8 Å². The van der Waals surface area contributed by atoms with Gasteiger partial charge in [0.2, 0.25) is 5.88 Å². The van der Waals surface area contributed by atoms with Gasteiger partial charge in [-0.05, 0) is 61.4 Å². The zero-order chi connectivity index (χ0) is 20.4. The number of aryl methyl sites for hydroxylation is 3. The fraction of sp³-hybridized carbons (Fsp3) is 0.333. The Morgan fingerprint density at radius 1 is 1.00 bits per heavy atom. The molecule has 29 heavy (non-hydrogen) atoms. The van der Waals surface area contributed by atoms with E-state index in [-0.39, 0.29) is 6.10 Å². The van der Waals surface area contributed by atoms with Crippen LogP contribution in [-0.4, -0.2) is 9.97 Å². The van der Waals surface area contributed by atoms with E-state index in [4.69, 9.17) is 37.9 Å². The summed E-state index contributed by atoms with van der Waals surface area (Å²) in [5, 5.41) is 1.19. The average Bonchev–Trinajstić information content (AvgIpc) is 2.74. The minimum Gasteiger partial charge on any atom is -0.468 e. The van der Waals surface area contributed by atoms with Crippen LogP contribution in [0.4, 0.5) is 0 Å². The van der Waals surface area contributed by atoms with Crippen LogP contribution >= 0.6 is 23.2 Å². The van der Waals surface area contributed by atoms with Gasteiger partial charge in [0.25, 0.3) is 0 Å². The number of aromatic nitrogens is 2. The molecule has 0 saturated heterocycles. The van der Waals surface area contributed by atoms with Gasteiger partial charge in [-0.25, -0.2) is 9.97 Å². The van der Waals surface area contributed by atoms with E-state index in [1.165, 1.54) is 11.1 Å². The largest absolute Gasteiger partial charge is 0.468 e. The van der Waals surface area contributed by atoms with Crippen molar-refractivity contribution >= 4 is 23.2 Å². The standard InChI is InChI=1S/C24H24Cl2N2O/c1-3-20-23(18-13-12-16(25)14-19(18)26)27-21(4-2)24(28-20)29-22-11-7-9-15-8-5-6-10-17(15)22/h5-6,8,10,12-14,22H,3-4,7,9,11H2,1-2H3. The fourth-order valence-electron chi connectivity index (χ4n) is 3.92. The smallest absolute Gasteiger partial charge is 0.236 e. The third-order valence-corrected chi connectivity index (χ3v) is 5.98.